The van der Waals surface area contributed by atoms with Crippen molar-refractivity contribution in [2.24, 2.45) is 11.8 Å². The number of aliphatic hydroxyl groups excluding tert-OH is 1. The standard InChI is InChI=1S/C24H22N.C13H24O2.Ir/c1-15(2)22-14-20(13-19-12-16(3)11-17(4)23(19)22)24-21-8-6-5-7-18(21)9-10-25-24;1-5-10(6-2)12(14)9-13(15)11(7-3)8-4;/h5-12,14-15H,1-4H3;9-11,14H,5-8H2,1-4H3;/q-1;;/b;12-9-;. The van der Waals surface area contributed by atoms with Gasteiger partial charge in [0.25, 0.3) is 0 Å². The Kier molecular flexibility index (Phi) is 13.4. The van der Waals surface area contributed by atoms with Gasteiger partial charge in [-0.2, -0.15) is 0 Å². The first kappa shape index (κ1) is 34.4. The van der Waals surface area contributed by atoms with Crippen molar-refractivity contribution in [3.05, 3.63) is 89.3 Å². The Hall–Kier alpha value is -2.81. The first-order chi connectivity index (χ1) is 19.1. The monoisotopic (exact) mass is 729 g/mol. The van der Waals surface area contributed by atoms with Crippen molar-refractivity contribution in [2.45, 2.75) is 87.0 Å². The summed E-state index contributed by atoms with van der Waals surface area (Å²) in [5.74, 6) is 0.998. The molecule has 0 aliphatic rings. The predicted octanol–water partition coefficient (Wildman–Crippen LogP) is 10.5. The van der Waals surface area contributed by atoms with Crippen molar-refractivity contribution in [2.75, 3.05) is 0 Å². The number of rotatable bonds is 9. The molecule has 0 atom stereocenters. The molecule has 0 bridgehead atoms. The van der Waals surface area contributed by atoms with Crippen LogP contribution < -0.4 is 0 Å². The Morgan fingerprint density at radius 3 is 2.17 bits per heavy atom. The normalized spacial score (nSPS) is 11.6. The van der Waals surface area contributed by atoms with Crippen molar-refractivity contribution in [1.82, 2.24) is 4.98 Å². The fourth-order valence-corrected chi connectivity index (χ4v) is 5.55. The van der Waals surface area contributed by atoms with Gasteiger partial charge in [0.05, 0.1) is 5.76 Å². The van der Waals surface area contributed by atoms with Crippen molar-refractivity contribution in [1.29, 1.82) is 0 Å². The number of benzene rings is 3. The molecule has 1 aromatic heterocycles. The SMILES string of the molecule is CCC(CC)C(=O)/C=C(\O)C(CC)CC.Cc1cc(C)c2c(C(C)C)cc(-c3nccc4ccccc34)[c-]c2c1.[Ir]. The van der Waals surface area contributed by atoms with Crippen molar-refractivity contribution < 1.29 is 30.0 Å². The number of carbonyl (C=O) groups excluding carboxylic acids is 1. The van der Waals surface area contributed by atoms with Gasteiger partial charge in [0.1, 0.15) is 0 Å². The molecule has 3 aromatic carbocycles. The van der Waals surface area contributed by atoms with Crippen LogP contribution in [0.3, 0.4) is 0 Å². The second-order valence-corrected chi connectivity index (χ2v) is 11.2. The number of hydrogen-bond acceptors (Lipinski definition) is 3. The van der Waals surface area contributed by atoms with Gasteiger partial charge in [-0.05, 0) is 62.3 Å². The molecule has 0 fully saturated rings. The third-order valence-electron chi connectivity index (χ3n) is 7.97. The molecule has 4 rings (SSSR count). The van der Waals surface area contributed by atoms with Crippen molar-refractivity contribution >= 4 is 27.3 Å². The number of aromatic nitrogens is 1. The Morgan fingerprint density at radius 2 is 1.56 bits per heavy atom. The predicted molar refractivity (Wildman–Crippen MR) is 171 cm³/mol. The first-order valence-corrected chi connectivity index (χ1v) is 14.9. The minimum absolute atomic E-state index is 0. The fourth-order valence-electron chi connectivity index (χ4n) is 5.55. The van der Waals surface area contributed by atoms with Gasteiger partial charge in [-0.15, -0.1) is 29.1 Å². The number of hydrogen-bond donors (Lipinski definition) is 1. The van der Waals surface area contributed by atoms with Gasteiger partial charge in [-0.25, -0.2) is 0 Å². The van der Waals surface area contributed by atoms with Crippen LogP contribution in [0.1, 0.15) is 89.8 Å². The van der Waals surface area contributed by atoms with Crippen LogP contribution in [-0.4, -0.2) is 15.9 Å². The summed E-state index contributed by atoms with van der Waals surface area (Å²) in [6.45, 7) is 16.9. The summed E-state index contributed by atoms with van der Waals surface area (Å²) in [5.41, 5.74) is 6.07. The summed E-state index contributed by atoms with van der Waals surface area (Å²) in [6.07, 6.45) is 6.80. The Morgan fingerprint density at radius 1 is 0.927 bits per heavy atom. The van der Waals surface area contributed by atoms with E-state index in [2.05, 4.69) is 82.3 Å². The van der Waals surface area contributed by atoms with E-state index in [0.29, 0.717) is 5.92 Å². The number of aliphatic hydroxyl groups is 1. The number of nitrogens with zero attached hydrogens (tertiary/aromatic N) is 1. The van der Waals surface area contributed by atoms with Gasteiger partial charge in [-0.3, -0.25) is 9.78 Å². The van der Waals surface area contributed by atoms with Crippen LogP contribution in [0.5, 0.6) is 0 Å². The van der Waals surface area contributed by atoms with Gasteiger partial charge < -0.3 is 5.11 Å². The summed E-state index contributed by atoms with van der Waals surface area (Å²) in [7, 11) is 0. The molecule has 0 aliphatic heterocycles. The molecule has 1 heterocycles. The van der Waals surface area contributed by atoms with Crippen LogP contribution in [0.2, 0.25) is 0 Å². The third-order valence-corrected chi connectivity index (χ3v) is 7.97. The fraction of sp³-hybridized carbons (Fsp3) is 0.405. The van der Waals surface area contributed by atoms with Crippen LogP contribution in [0.4, 0.5) is 0 Å². The van der Waals surface area contributed by atoms with Gasteiger partial charge >= 0.3 is 0 Å². The molecule has 0 aliphatic carbocycles. The van der Waals surface area contributed by atoms with Crippen LogP contribution in [0.15, 0.2) is 66.6 Å². The minimum Gasteiger partial charge on any atom is -0.512 e. The molecular weight excluding hydrogens is 683 g/mol. The quantitative estimate of drug-likeness (QED) is 0.106. The maximum Gasteiger partial charge on any atom is 0.162 e. The molecule has 0 unspecified atom stereocenters. The number of pyridine rings is 1. The molecule has 0 saturated heterocycles. The number of fused-ring (bicyclic) bond motifs is 2. The number of allylic oxidation sites excluding steroid dienone is 2. The topological polar surface area (TPSA) is 50.2 Å². The van der Waals surface area contributed by atoms with Crippen LogP contribution >= 0.6 is 0 Å². The summed E-state index contributed by atoms with van der Waals surface area (Å²) in [6, 6.07) is 20.9. The zero-order valence-corrected chi connectivity index (χ0v) is 28.4. The zero-order chi connectivity index (χ0) is 29.4. The molecule has 41 heavy (non-hydrogen) atoms. The number of carbonyl (C=O) groups is 1. The van der Waals surface area contributed by atoms with Crippen molar-refractivity contribution in [3.63, 3.8) is 0 Å². The van der Waals surface area contributed by atoms with Crippen LogP contribution in [0.25, 0.3) is 32.8 Å². The molecule has 0 amide bonds. The number of ketones is 1. The Labute approximate surface area is 260 Å². The van der Waals surface area contributed by atoms with E-state index in [4.69, 9.17) is 4.98 Å². The third kappa shape index (κ3) is 8.37. The van der Waals surface area contributed by atoms with E-state index in [-0.39, 0.29) is 43.5 Å². The smallest absolute Gasteiger partial charge is 0.162 e. The van der Waals surface area contributed by atoms with E-state index < -0.39 is 0 Å². The summed E-state index contributed by atoms with van der Waals surface area (Å²) in [5, 5.41) is 14.7. The van der Waals surface area contributed by atoms with Gasteiger partial charge in [0.2, 0.25) is 0 Å². The van der Waals surface area contributed by atoms with E-state index in [1.807, 2.05) is 33.9 Å². The average molecular weight is 729 g/mol. The molecular formula is C37H46IrNO2-. The molecule has 0 spiro atoms. The van der Waals surface area contributed by atoms with Gasteiger partial charge in [0.15, 0.2) is 5.78 Å². The summed E-state index contributed by atoms with van der Waals surface area (Å²) < 4.78 is 0. The largest absolute Gasteiger partial charge is 0.512 e. The van der Waals surface area contributed by atoms with E-state index in [9.17, 15) is 9.90 Å². The molecule has 221 valence electrons. The van der Waals surface area contributed by atoms with Crippen molar-refractivity contribution in [3.8, 4) is 11.3 Å². The Bertz CT molecular complexity index is 1470. The van der Waals surface area contributed by atoms with E-state index in [1.165, 1.54) is 44.3 Å². The maximum absolute atomic E-state index is 11.7. The van der Waals surface area contributed by atoms with Crippen LogP contribution in [0, 0.1) is 31.7 Å². The molecule has 1 radical (unpaired) electrons. The van der Waals surface area contributed by atoms with E-state index >= 15 is 0 Å². The second-order valence-electron chi connectivity index (χ2n) is 11.2. The summed E-state index contributed by atoms with van der Waals surface area (Å²) in [4.78, 5) is 16.4. The van der Waals surface area contributed by atoms with Gasteiger partial charge in [-0.1, -0.05) is 94.0 Å². The molecule has 4 heteroatoms. The maximum atomic E-state index is 11.7. The molecule has 1 N–H and O–H groups in total. The van der Waals surface area contributed by atoms with E-state index in [1.54, 1.807) is 0 Å². The Balaban J connectivity index is 0.000000320. The minimum atomic E-state index is 0. The zero-order valence-electron chi connectivity index (χ0n) is 26.0. The number of aryl methyl sites for hydroxylation is 2. The van der Waals surface area contributed by atoms with E-state index in [0.717, 1.165) is 36.9 Å². The molecule has 4 aromatic rings. The first-order valence-electron chi connectivity index (χ1n) is 14.9. The summed E-state index contributed by atoms with van der Waals surface area (Å²) >= 11 is 0. The molecule has 3 nitrogen and oxygen atoms in total. The average Bonchev–Trinajstić information content (AvgIpc) is 2.93. The van der Waals surface area contributed by atoms with Gasteiger partial charge in [0, 0.05) is 49.9 Å². The second kappa shape index (κ2) is 16.0. The van der Waals surface area contributed by atoms with Crippen LogP contribution in [-0.2, 0) is 24.9 Å². The molecule has 0 saturated carbocycles.